The van der Waals surface area contributed by atoms with Crippen molar-refractivity contribution in [2.24, 2.45) is 5.92 Å². The van der Waals surface area contributed by atoms with Crippen molar-refractivity contribution in [2.75, 3.05) is 18.9 Å². The Bertz CT molecular complexity index is 1690. The van der Waals surface area contributed by atoms with Crippen LogP contribution >= 0.6 is 31.4 Å². The number of imidazole rings is 2. The third-order valence-electron chi connectivity index (χ3n) is 6.89. The first-order chi connectivity index (χ1) is 20.3. The van der Waals surface area contributed by atoms with Crippen LogP contribution in [0.2, 0.25) is 0 Å². The van der Waals surface area contributed by atoms with Gasteiger partial charge in [-0.3, -0.25) is 23.7 Å². The number of hydrogen-bond donors (Lipinski definition) is 5. The molecular weight excluding hydrogens is 623 g/mol. The van der Waals surface area contributed by atoms with Crippen molar-refractivity contribution >= 4 is 59.7 Å². The van der Waals surface area contributed by atoms with Gasteiger partial charge in [-0.2, -0.15) is 4.98 Å². The van der Waals surface area contributed by atoms with Crippen LogP contribution in [0.1, 0.15) is 12.5 Å². The predicted octanol–water partition coefficient (Wildman–Crippen LogP) is -0.519. The molecule has 6 rings (SSSR count). The molecule has 10 atom stereocenters. The number of aliphatic hydroxyl groups excluding tert-OH is 1. The van der Waals surface area contributed by atoms with Gasteiger partial charge in [-0.1, -0.05) is 0 Å². The maximum Gasteiger partial charge on any atom is 0.280 e. The molecule has 0 saturated carbocycles. The Hall–Kier alpha value is -2.64. The number of aromatic amines is 2. The number of aliphatic hydroxyl groups is 1. The number of ether oxygens (including phenoxy) is 2. The minimum absolute atomic E-state index is 0.00271. The van der Waals surface area contributed by atoms with Gasteiger partial charge in [-0.05, 0) is 12.9 Å². The monoisotopic (exact) mass is 647 g/mol. The van der Waals surface area contributed by atoms with Crippen LogP contribution in [0.5, 0.6) is 0 Å². The molecule has 0 bridgehead atoms. The summed E-state index contributed by atoms with van der Waals surface area (Å²) in [5, 5.41) is 10.8. The fourth-order valence-electron chi connectivity index (χ4n) is 4.89. The topological polar surface area (TPSA) is 229 Å². The van der Waals surface area contributed by atoms with E-state index >= 15 is 4.39 Å². The van der Waals surface area contributed by atoms with E-state index < -0.39 is 69.3 Å². The molecule has 4 aromatic rings. The number of H-pyrrole nitrogens is 2. The van der Waals surface area contributed by atoms with E-state index in [0.29, 0.717) is 0 Å². The summed E-state index contributed by atoms with van der Waals surface area (Å²) in [4.78, 5) is 45.1. The highest BCUT2D eigenvalue weighted by Gasteiger charge is 2.48. The summed E-state index contributed by atoms with van der Waals surface area (Å²) >= 11 is 3.84. The molecule has 42 heavy (non-hydrogen) atoms. The number of nitrogens with one attached hydrogen (secondary N) is 2. The molecule has 22 heteroatoms. The van der Waals surface area contributed by atoms with Crippen molar-refractivity contribution < 1.29 is 36.7 Å². The number of nitrogens with two attached hydrogens (primary N) is 1. The minimum atomic E-state index is -1.59. The zero-order valence-electron chi connectivity index (χ0n) is 21.1. The van der Waals surface area contributed by atoms with Gasteiger partial charge in [-0.25, -0.2) is 19.3 Å². The highest BCUT2D eigenvalue weighted by Crippen LogP contribution is 2.40. The molecule has 226 valence electrons. The number of fused-ring (bicyclic) bond motifs is 2. The van der Waals surface area contributed by atoms with Gasteiger partial charge in [0.25, 0.3) is 11.1 Å². The largest absolute Gasteiger partial charge is 0.385 e. The van der Waals surface area contributed by atoms with Gasteiger partial charge in [0.15, 0.2) is 56.3 Å². The molecule has 0 spiro atoms. The number of nitrogens with zero attached hydrogens (tertiary/aromatic N) is 6. The second-order valence-electron chi connectivity index (χ2n) is 9.31. The Labute approximate surface area is 243 Å². The molecule has 0 amide bonds. The number of hydrogen-bond acceptors (Lipinski definition) is 15. The van der Waals surface area contributed by atoms with E-state index in [1.165, 1.54) is 28.1 Å². The number of aromatic nitrogens is 8. The number of thiol groups is 1. The van der Waals surface area contributed by atoms with Crippen LogP contribution in [0.4, 0.5) is 10.3 Å². The third-order valence-corrected chi connectivity index (χ3v) is 7.94. The third kappa shape index (κ3) is 5.21. The van der Waals surface area contributed by atoms with Gasteiger partial charge in [-0.15, -0.1) is 0 Å². The molecule has 0 radical (unpaired) electrons. The van der Waals surface area contributed by atoms with Crippen molar-refractivity contribution in [3.63, 3.8) is 0 Å². The Morgan fingerprint density at radius 1 is 1.12 bits per heavy atom. The molecule has 2 aliphatic rings. The standard InChI is InChI=1S/C20H24FN9O9P2S/c21-8-6(7(2-34-40)36-17(8)29-4-25-9-13(29)23-3-24-15(9)32)1-35-41-38-19-11(31)12(39-42)18(37-19)30-5-26-10-14(30)27-20(22)28-16(10)33/h3-8,11-12,17-19,31,41-42H,1-2,40H2,(H,23,24,32)(H3,22,27,28,33)/t6-,7-,8+,11+,12-,17-,18-,19?/m1/s1. The van der Waals surface area contributed by atoms with Crippen molar-refractivity contribution in [1.82, 2.24) is 39.0 Å². The Morgan fingerprint density at radius 2 is 1.86 bits per heavy atom. The van der Waals surface area contributed by atoms with Gasteiger partial charge in [0.05, 0.1) is 38.3 Å². The highest BCUT2D eigenvalue weighted by atomic mass is 32.1. The molecule has 0 aliphatic carbocycles. The molecule has 2 saturated heterocycles. The summed E-state index contributed by atoms with van der Waals surface area (Å²) in [6.45, 7) is -0.111. The maximum atomic E-state index is 15.7. The second-order valence-corrected chi connectivity index (χ2v) is 10.5. The van der Waals surface area contributed by atoms with Crippen LogP contribution in [-0.2, 0) is 27.2 Å². The number of anilines is 1. The molecule has 18 nitrogen and oxygen atoms in total. The van der Waals surface area contributed by atoms with E-state index in [1.807, 2.05) is 0 Å². The van der Waals surface area contributed by atoms with E-state index in [2.05, 4.69) is 52.3 Å². The fourth-order valence-corrected chi connectivity index (χ4v) is 5.93. The van der Waals surface area contributed by atoms with Crippen molar-refractivity contribution in [2.45, 2.75) is 43.2 Å². The van der Waals surface area contributed by atoms with E-state index in [-0.39, 0.29) is 41.5 Å². The zero-order valence-corrected chi connectivity index (χ0v) is 24.2. The quantitative estimate of drug-likeness (QED) is 0.0632. The summed E-state index contributed by atoms with van der Waals surface area (Å²) in [5.74, 6) is -0.937. The van der Waals surface area contributed by atoms with E-state index in [9.17, 15) is 14.7 Å². The highest BCUT2D eigenvalue weighted by molar-refractivity contribution is 7.75. The Morgan fingerprint density at radius 3 is 2.60 bits per heavy atom. The lowest BCUT2D eigenvalue weighted by molar-refractivity contribution is -0.123. The smallest absolute Gasteiger partial charge is 0.280 e. The number of rotatable bonds is 10. The molecule has 4 aromatic heterocycles. The first-order valence-corrected chi connectivity index (χ1v) is 13.9. The van der Waals surface area contributed by atoms with Gasteiger partial charge in [0.2, 0.25) is 5.95 Å². The van der Waals surface area contributed by atoms with Crippen LogP contribution in [0.3, 0.4) is 0 Å². The fraction of sp³-hybridized carbons (Fsp3) is 0.500. The lowest BCUT2D eigenvalue weighted by atomic mass is 10.0. The first kappa shape index (κ1) is 29.4. The number of alkyl halides is 1. The summed E-state index contributed by atoms with van der Waals surface area (Å²) in [5.41, 5.74) is 4.96. The van der Waals surface area contributed by atoms with E-state index in [0.717, 1.165) is 0 Å². The second kappa shape index (κ2) is 12.2. The van der Waals surface area contributed by atoms with Gasteiger partial charge >= 0.3 is 0 Å². The molecule has 0 aromatic carbocycles. The average molecular weight is 647 g/mol. The SMILES string of the molecule is Nc1nc2c(ncn2[C@@H]2OC(OPOC[C@H]3[C@H](F)[C@H](n4cnc5c(=O)[nH]cnc54)O[C@@H]3COP)[C@@H](O)[C@H]2OS)c(=O)[nH]1. The van der Waals surface area contributed by atoms with E-state index in [1.54, 1.807) is 0 Å². The summed E-state index contributed by atoms with van der Waals surface area (Å²) in [7, 11) is 1.39. The normalized spacial score (nSPS) is 30.0. The van der Waals surface area contributed by atoms with Crippen LogP contribution < -0.4 is 16.9 Å². The molecular formula is C20H24FN9O9P2S. The number of nitrogen functional groups attached to an aromatic ring is 1. The summed E-state index contributed by atoms with van der Waals surface area (Å²) in [6, 6.07) is 0. The van der Waals surface area contributed by atoms with Crippen LogP contribution in [0.25, 0.3) is 22.3 Å². The number of halogens is 1. The average Bonchev–Trinajstić information content (AvgIpc) is 3.72. The summed E-state index contributed by atoms with van der Waals surface area (Å²) in [6.07, 6.45) is -4.36. The van der Waals surface area contributed by atoms with Crippen LogP contribution in [-0.4, -0.2) is 88.1 Å². The van der Waals surface area contributed by atoms with E-state index in [4.69, 9.17) is 33.0 Å². The Balaban J connectivity index is 1.11. The van der Waals surface area contributed by atoms with Crippen molar-refractivity contribution in [3.8, 4) is 0 Å². The lowest BCUT2D eigenvalue weighted by Gasteiger charge is -2.19. The van der Waals surface area contributed by atoms with Gasteiger partial charge in [0, 0.05) is 15.4 Å². The lowest BCUT2D eigenvalue weighted by Crippen LogP contribution is -2.32. The summed E-state index contributed by atoms with van der Waals surface area (Å²) < 4.78 is 51.6. The van der Waals surface area contributed by atoms with Crippen molar-refractivity contribution in [3.05, 3.63) is 39.7 Å². The molecule has 6 heterocycles. The first-order valence-electron chi connectivity index (χ1n) is 12.2. The zero-order chi connectivity index (χ0) is 29.5. The molecule has 5 N–H and O–H groups in total. The van der Waals surface area contributed by atoms with Gasteiger partial charge in [0.1, 0.15) is 12.2 Å². The van der Waals surface area contributed by atoms with Crippen LogP contribution in [0, 0.1) is 5.92 Å². The van der Waals surface area contributed by atoms with Gasteiger partial charge < -0.3 is 43.1 Å². The molecule has 2 aliphatic heterocycles. The maximum absolute atomic E-state index is 15.7. The minimum Gasteiger partial charge on any atom is -0.385 e. The molecule has 3 unspecified atom stereocenters. The van der Waals surface area contributed by atoms with Crippen molar-refractivity contribution in [1.29, 1.82) is 0 Å². The Kier molecular flexibility index (Phi) is 8.52. The predicted molar refractivity (Wildman–Crippen MR) is 148 cm³/mol. The molecule has 2 fully saturated rings. The van der Waals surface area contributed by atoms with Crippen LogP contribution in [0.15, 0.2) is 28.6 Å².